The SMILES string of the molecule is CC[C@H](NC(=O)Cn1ccc(=O)n(C)c1=O)c1ccc(OC)cc1. The molecule has 2 aromatic rings. The first kappa shape index (κ1) is 17.5. The molecule has 0 fully saturated rings. The van der Waals surface area contributed by atoms with Crippen LogP contribution in [0, 0.1) is 0 Å². The molecule has 7 heteroatoms. The van der Waals surface area contributed by atoms with Gasteiger partial charge in [0.2, 0.25) is 5.91 Å². The molecule has 0 bridgehead atoms. The standard InChI is InChI=1S/C17H21N3O4/c1-4-14(12-5-7-13(24-3)8-6-12)18-15(21)11-20-10-9-16(22)19(2)17(20)23/h5-10,14H,4,11H2,1-3H3,(H,18,21)/t14-/m0/s1. The van der Waals surface area contributed by atoms with E-state index in [9.17, 15) is 14.4 Å². The van der Waals surface area contributed by atoms with Gasteiger partial charge in [-0.25, -0.2) is 4.79 Å². The van der Waals surface area contributed by atoms with Crippen LogP contribution in [0.5, 0.6) is 5.75 Å². The van der Waals surface area contributed by atoms with Crippen LogP contribution in [0.3, 0.4) is 0 Å². The van der Waals surface area contributed by atoms with E-state index in [0.717, 1.165) is 15.9 Å². The van der Waals surface area contributed by atoms with Gasteiger partial charge in [0.1, 0.15) is 12.3 Å². The highest BCUT2D eigenvalue weighted by Gasteiger charge is 2.14. The monoisotopic (exact) mass is 331 g/mol. The fourth-order valence-electron chi connectivity index (χ4n) is 2.39. The van der Waals surface area contributed by atoms with Crippen LogP contribution >= 0.6 is 0 Å². The normalized spacial score (nSPS) is 11.8. The molecule has 0 saturated carbocycles. The molecule has 1 aromatic carbocycles. The van der Waals surface area contributed by atoms with Crippen molar-refractivity contribution in [2.45, 2.75) is 25.9 Å². The Balaban J connectivity index is 2.10. The van der Waals surface area contributed by atoms with Crippen molar-refractivity contribution in [1.29, 1.82) is 0 Å². The maximum Gasteiger partial charge on any atom is 0.331 e. The zero-order valence-corrected chi connectivity index (χ0v) is 14.0. The van der Waals surface area contributed by atoms with Crippen molar-refractivity contribution in [2.75, 3.05) is 7.11 Å². The fraction of sp³-hybridized carbons (Fsp3) is 0.353. The number of carbonyl (C=O) groups excluding carboxylic acids is 1. The summed E-state index contributed by atoms with van der Waals surface area (Å²) in [6.07, 6.45) is 2.04. The van der Waals surface area contributed by atoms with Gasteiger partial charge in [-0.3, -0.25) is 18.7 Å². The highest BCUT2D eigenvalue weighted by molar-refractivity contribution is 5.76. The summed E-state index contributed by atoms with van der Waals surface area (Å²) in [7, 11) is 2.98. The molecule has 0 aliphatic rings. The van der Waals surface area contributed by atoms with Crippen molar-refractivity contribution in [1.82, 2.24) is 14.5 Å². The largest absolute Gasteiger partial charge is 0.497 e. The van der Waals surface area contributed by atoms with Gasteiger partial charge in [0.05, 0.1) is 13.2 Å². The number of ether oxygens (including phenoxy) is 1. The van der Waals surface area contributed by atoms with Crippen LogP contribution in [-0.2, 0) is 18.4 Å². The Labute approximate surface area is 139 Å². The van der Waals surface area contributed by atoms with E-state index in [2.05, 4.69) is 5.32 Å². The van der Waals surface area contributed by atoms with E-state index in [-0.39, 0.29) is 18.5 Å². The summed E-state index contributed by atoms with van der Waals surface area (Å²) in [4.78, 5) is 35.6. The molecule has 0 aliphatic carbocycles. The molecule has 2 rings (SSSR count). The summed E-state index contributed by atoms with van der Waals surface area (Å²) < 4.78 is 7.30. The number of carbonyl (C=O) groups is 1. The topological polar surface area (TPSA) is 82.3 Å². The van der Waals surface area contributed by atoms with Gasteiger partial charge in [-0.1, -0.05) is 19.1 Å². The fourth-order valence-corrected chi connectivity index (χ4v) is 2.39. The van der Waals surface area contributed by atoms with E-state index < -0.39 is 11.2 Å². The molecule has 1 N–H and O–H groups in total. The molecule has 0 aliphatic heterocycles. The summed E-state index contributed by atoms with van der Waals surface area (Å²) in [6.45, 7) is 1.83. The van der Waals surface area contributed by atoms with Gasteiger partial charge in [-0.15, -0.1) is 0 Å². The van der Waals surface area contributed by atoms with E-state index in [4.69, 9.17) is 4.74 Å². The Kier molecular flexibility index (Phi) is 5.57. The summed E-state index contributed by atoms with van der Waals surface area (Å²) >= 11 is 0. The van der Waals surface area contributed by atoms with Crippen molar-refractivity contribution in [3.8, 4) is 5.75 Å². The first-order valence-electron chi connectivity index (χ1n) is 7.66. The molecule has 128 valence electrons. The third kappa shape index (κ3) is 3.92. The van der Waals surface area contributed by atoms with Gasteiger partial charge < -0.3 is 10.1 Å². The first-order chi connectivity index (χ1) is 11.5. The number of hydrogen-bond donors (Lipinski definition) is 1. The van der Waals surface area contributed by atoms with Gasteiger partial charge in [0.25, 0.3) is 5.56 Å². The van der Waals surface area contributed by atoms with Crippen LogP contribution in [0.2, 0.25) is 0 Å². The minimum Gasteiger partial charge on any atom is -0.497 e. The number of nitrogens with one attached hydrogen (secondary N) is 1. The molecular weight excluding hydrogens is 310 g/mol. The first-order valence-corrected chi connectivity index (χ1v) is 7.66. The molecule has 1 atom stereocenters. The lowest BCUT2D eigenvalue weighted by atomic mass is 10.0. The second kappa shape index (κ2) is 7.63. The zero-order valence-electron chi connectivity index (χ0n) is 14.0. The third-order valence-electron chi connectivity index (χ3n) is 3.84. The Morgan fingerprint density at radius 3 is 2.46 bits per heavy atom. The number of nitrogens with zero attached hydrogens (tertiary/aromatic N) is 2. The summed E-state index contributed by atoms with van der Waals surface area (Å²) in [6, 6.07) is 8.56. The maximum absolute atomic E-state index is 12.2. The highest BCUT2D eigenvalue weighted by Crippen LogP contribution is 2.19. The Morgan fingerprint density at radius 2 is 1.88 bits per heavy atom. The van der Waals surface area contributed by atoms with Gasteiger partial charge in [0, 0.05) is 19.3 Å². The van der Waals surface area contributed by atoms with Crippen LogP contribution in [0.4, 0.5) is 0 Å². The van der Waals surface area contributed by atoms with Crippen molar-refractivity contribution < 1.29 is 9.53 Å². The molecule has 1 aromatic heterocycles. The molecule has 1 heterocycles. The number of hydrogen-bond acceptors (Lipinski definition) is 4. The Morgan fingerprint density at radius 1 is 1.21 bits per heavy atom. The molecule has 0 spiro atoms. The smallest absolute Gasteiger partial charge is 0.331 e. The Bertz CT molecular complexity index is 821. The highest BCUT2D eigenvalue weighted by atomic mass is 16.5. The van der Waals surface area contributed by atoms with Crippen molar-refractivity contribution in [2.24, 2.45) is 7.05 Å². The second-order valence-electron chi connectivity index (χ2n) is 5.42. The number of aromatic nitrogens is 2. The lowest BCUT2D eigenvalue weighted by Gasteiger charge is -2.18. The van der Waals surface area contributed by atoms with Gasteiger partial charge >= 0.3 is 5.69 Å². The summed E-state index contributed by atoms with van der Waals surface area (Å²) in [5.74, 6) is 0.454. The van der Waals surface area contributed by atoms with E-state index in [1.54, 1.807) is 7.11 Å². The third-order valence-corrected chi connectivity index (χ3v) is 3.84. The molecule has 0 saturated heterocycles. The lowest BCUT2D eigenvalue weighted by molar-refractivity contribution is -0.122. The minimum absolute atomic E-state index is 0.139. The van der Waals surface area contributed by atoms with Crippen LogP contribution in [-0.4, -0.2) is 22.2 Å². The predicted molar refractivity (Wildman–Crippen MR) is 90.1 cm³/mol. The second-order valence-corrected chi connectivity index (χ2v) is 5.42. The predicted octanol–water partition coefficient (Wildman–Crippen LogP) is 0.823. The number of rotatable bonds is 6. The molecule has 0 radical (unpaired) electrons. The Hall–Kier alpha value is -2.83. The van der Waals surface area contributed by atoms with Gasteiger partial charge in [-0.05, 0) is 24.1 Å². The van der Waals surface area contributed by atoms with Crippen molar-refractivity contribution in [3.63, 3.8) is 0 Å². The maximum atomic E-state index is 12.2. The number of amides is 1. The number of methoxy groups -OCH3 is 1. The van der Waals surface area contributed by atoms with Gasteiger partial charge in [0.15, 0.2) is 0 Å². The molecule has 7 nitrogen and oxygen atoms in total. The van der Waals surface area contributed by atoms with Crippen LogP contribution in [0.15, 0.2) is 46.1 Å². The minimum atomic E-state index is -0.518. The molecule has 0 unspecified atom stereocenters. The van der Waals surface area contributed by atoms with E-state index in [1.807, 2.05) is 31.2 Å². The average molecular weight is 331 g/mol. The molecule has 24 heavy (non-hydrogen) atoms. The molecular formula is C17H21N3O4. The van der Waals surface area contributed by atoms with E-state index >= 15 is 0 Å². The zero-order chi connectivity index (χ0) is 17.7. The quantitative estimate of drug-likeness (QED) is 0.850. The lowest BCUT2D eigenvalue weighted by Crippen LogP contribution is -2.40. The summed E-state index contributed by atoms with van der Waals surface area (Å²) in [5.41, 5.74) is 0.0379. The van der Waals surface area contributed by atoms with Crippen molar-refractivity contribution in [3.05, 3.63) is 62.9 Å². The molecule has 1 amide bonds. The van der Waals surface area contributed by atoms with E-state index in [0.29, 0.717) is 6.42 Å². The van der Waals surface area contributed by atoms with Crippen LogP contribution in [0.1, 0.15) is 24.9 Å². The van der Waals surface area contributed by atoms with Crippen molar-refractivity contribution >= 4 is 5.91 Å². The van der Waals surface area contributed by atoms with Crippen LogP contribution < -0.4 is 21.3 Å². The summed E-state index contributed by atoms with van der Waals surface area (Å²) in [5, 5.41) is 2.90. The average Bonchev–Trinajstić information content (AvgIpc) is 2.60. The number of benzene rings is 1. The van der Waals surface area contributed by atoms with Gasteiger partial charge in [-0.2, -0.15) is 0 Å². The van der Waals surface area contributed by atoms with E-state index in [1.165, 1.54) is 23.9 Å². The van der Waals surface area contributed by atoms with Crippen LogP contribution in [0.25, 0.3) is 0 Å².